The van der Waals surface area contributed by atoms with Crippen LogP contribution in [0, 0.1) is 28.5 Å². The molecule has 4 nitrogen and oxygen atoms in total. The molecule has 0 saturated heterocycles. The van der Waals surface area contributed by atoms with Gasteiger partial charge in [-0.25, -0.2) is 4.39 Å². The Morgan fingerprint density at radius 2 is 1.78 bits per heavy atom. The molecule has 0 aliphatic rings. The lowest BCUT2D eigenvalue weighted by molar-refractivity contribution is -0.127. The van der Waals surface area contributed by atoms with Crippen molar-refractivity contribution in [3.63, 3.8) is 0 Å². The second-order valence-electron chi connectivity index (χ2n) is 3.31. The number of benzene rings is 1. The van der Waals surface area contributed by atoms with E-state index in [0.717, 1.165) is 4.90 Å². The van der Waals surface area contributed by atoms with Gasteiger partial charge in [0.2, 0.25) is 5.91 Å². The van der Waals surface area contributed by atoms with Gasteiger partial charge in [-0.05, 0) is 24.3 Å². The van der Waals surface area contributed by atoms with Gasteiger partial charge in [0, 0.05) is 4.90 Å². The largest absolute Gasteiger partial charge is 0.315 e. The highest BCUT2D eigenvalue weighted by molar-refractivity contribution is 8.00. The summed E-state index contributed by atoms with van der Waals surface area (Å²) in [6.07, 6.45) is 0. The zero-order valence-corrected chi connectivity index (χ0v) is 10.3. The van der Waals surface area contributed by atoms with Gasteiger partial charge in [-0.2, -0.15) is 10.5 Å². The average molecular weight is 263 g/mol. The van der Waals surface area contributed by atoms with Crippen LogP contribution in [0.25, 0.3) is 0 Å². The zero-order valence-electron chi connectivity index (χ0n) is 9.47. The Bertz CT molecular complexity index is 474. The SMILES string of the molecule is N#CCN(CC#N)C(=O)CSc1ccc(F)cc1. The fourth-order valence-corrected chi connectivity index (χ4v) is 1.97. The molecule has 1 rings (SSSR count). The third-order valence-corrected chi connectivity index (χ3v) is 3.05. The summed E-state index contributed by atoms with van der Waals surface area (Å²) >= 11 is 1.24. The van der Waals surface area contributed by atoms with E-state index in [1.54, 1.807) is 12.1 Å². The summed E-state index contributed by atoms with van der Waals surface area (Å²) in [5.41, 5.74) is 0. The first-order valence-electron chi connectivity index (χ1n) is 5.07. The van der Waals surface area contributed by atoms with Crippen molar-refractivity contribution in [1.29, 1.82) is 10.5 Å². The molecule has 0 aromatic heterocycles. The molecule has 1 amide bonds. The summed E-state index contributed by atoms with van der Waals surface area (Å²) in [4.78, 5) is 13.6. The average Bonchev–Trinajstić information content (AvgIpc) is 2.37. The predicted octanol–water partition coefficient (Wildman–Crippen LogP) is 1.79. The third-order valence-electron chi connectivity index (χ3n) is 2.05. The molecule has 6 heteroatoms. The molecule has 0 heterocycles. The van der Waals surface area contributed by atoms with Crippen LogP contribution in [-0.4, -0.2) is 29.6 Å². The van der Waals surface area contributed by atoms with Gasteiger partial charge >= 0.3 is 0 Å². The number of rotatable bonds is 5. The topological polar surface area (TPSA) is 67.9 Å². The smallest absolute Gasteiger partial charge is 0.234 e. The number of halogens is 1. The van der Waals surface area contributed by atoms with E-state index < -0.39 is 0 Å². The van der Waals surface area contributed by atoms with Gasteiger partial charge in [-0.15, -0.1) is 11.8 Å². The monoisotopic (exact) mass is 263 g/mol. The molecule has 0 N–H and O–H groups in total. The van der Waals surface area contributed by atoms with Crippen LogP contribution in [0.1, 0.15) is 0 Å². The van der Waals surface area contributed by atoms with E-state index in [2.05, 4.69) is 0 Å². The minimum atomic E-state index is -0.332. The summed E-state index contributed by atoms with van der Waals surface area (Å²) in [5, 5.41) is 17.1. The fraction of sp³-hybridized carbons (Fsp3) is 0.250. The van der Waals surface area contributed by atoms with Crippen LogP contribution in [0.5, 0.6) is 0 Å². The van der Waals surface area contributed by atoms with Crippen molar-refractivity contribution in [3.05, 3.63) is 30.1 Å². The molecule has 92 valence electrons. The first kappa shape index (κ1) is 14.0. The number of hydrogen-bond acceptors (Lipinski definition) is 4. The van der Waals surface area contributed by atoms with E-state index >= 15 is 0 Å². The van der Waals surface area contributed by atoms with Crippen LogP contribution in [0.3, 0.4) is 0 Å². The van der Waals surface area contributed by atoms with Crippen molar-refractivity contribution >= 4 is 17.7 Å². The lowest BCUT2D eigenvalue weighted by Crippen LogP contribution is -2.33. The van der Waals surface area contributed by atoms with E-state index in [4.69, 9.17) is 10.5 Å². The lowest BCUT2D eigenvalue weighted by atomic mass is 10.4. The van der Waals surface area contributed by atoms with Gasteiger partial charge in [0.1, 0.15) is 18.9 Å². The van der Waals surface area contributed by atoms with Crippen molar-refractivity contribution in [1.82, 2.24) is 4.90 Å². The summed E-state index contributed by atoms with van der Waals surface area (Å²) in [6, 6.07) is 9.45. The highest BCUT2D eigenvalue weighted by atomic mass is 32.2. The van der Waals surface area contributed by atoms with Crippen LogP contribution in [0.15, 0.2) is 29.2 Å². The van der Waals surface area contributed by atoms with Crippen molar-refractivity contribution < 1.29 is 9.18 Å². The first-order chi connectivity index (χ1) is 8.67. The number of hydrogen-bond donors (Lipinski definition) is 0. The minimum Gasteiger partial charge on any atom is -0.315 e. The molecule has 0 radical (unpaired) electrons. The maximum absolute atomic E-state index is 12.7. The van der Waals surface area contributed by atoms with Gasteiger partial charge in [-0.3, -0.25) is 4.79 Å². The Morgan fingerprint density at radius 3 is 2.28 bits per heavy atom. The highest BCUT2D eigenvalue weighted by Gasteiger charge is 2.12. The van der Waals surface area contributed by atoms with Crippen molar-refractivity contribution in [2.75, 3.05) is 18.8 Å². The molecular weight excluding hydrogens is 253 g/mol. The standard InChI is InChI=1S/C12H10FN3OS/c13-10-1-3-11(4-2-10)18-9-12(17)16(7-5-14)8-6-15/h1-4H,7-9H2. The number of carbonyl (C=O) groups excluding carboxylic acids is 1. The van der Waals surface area contributed by atoms with Crippen LogP contribution in [0.4, 0.5) is 4.39 Å². The van der Waals surface area contributed by atoms with Gasteiger partial charge in [0.15, 0.2) is 0 Å². The van der Waals surface area contributed by atoms with Crippen molar-refractivity contribution in [2.45, 2.75) is 4.90 Å². The van der Waals surface area contributed by atoms with E-state index in [1.807, 2.05) is 12.1 Å². The second-order valence-corrected chi connectivity index (χ2v) is 4.36. The number of carbonyl (C=O) groups is 1. The van der Waals surface area contributed by atoms with E-state index in [1.165, 1.54) is 28.8 Å². The normalized spacial score (nSPS) is 9.28. The Balaban J connectivity index is 2.52. The van der Waals surface area contributed by atoms with Crippen LogP contribution >= 0.6 is 11.8 Å². The number of nitrogens with zero attached hydrogens (tertiary/aromatic N) is 3. The Labute approximate surface area is 109 Å². The highest BCUT2D eigenvalue weighted by Crippen LogP contribution is 2.18. The Hall–Kier alpha value is -2.05. The molecule has 0 saturated carbocycles. The minimum absolute atomic E-state index is 0.101. The van der Waals surface area contributed by atoms with E-state index in [9.17, 15) is 9.18 Å². The second kappa shape index (κ2) is 7.31. The van der Waals surface area contributed by atoms with Gasteiger partial charge in [-0.1, -0.05) is 0 Å². The predicted molar refractivity (Wildman–Crippen MR) is 64.9 cm³/mol. The van der Waals surface area contributed by atoms with Crippen LogP contribution in [-0.2, 0) is 4.79 Å². The molecule has 0 spiro atoms. The van der Waals surface area contributed by atoms with Crippen molar-refractivity contribution in [3.8, 4) is 12.1 Å². The van der Waals surface area contributed by atoms with E-state index in [-0.39, 0.29) is 30.6 Å². The Kier molecular flexibility index (Phi) is 5.69. The van der Waals surface area contributed by atoms with Crippen LogP contribution < -0.4 is 0 Å². The molecule has 1 aromatic rings. The molecule has 1 aromatic carbocycles. The fourth-order valence-electron chi connectivity index (χ4n) is 1.17. The maximum Gasteiger partial charge on any atom is 0.234 e. The third kappa shape index (κ3) is 4.44. The molecule has 0 bridgehead atoms. The molecule has 18 heavy (non-hydrogen) atoms. The molecule has 0 aliphatic heterocycles. The van der Waals surface area contributed by atoms with E-state index in [0.29, 0.717) is 0 Å². The molecule has 0 unspecified atom stereocenters. The Morgan fingerprint density at radius 1 is 1.22 bits per heavy atom. The quantitative estimate of drug-likeness (QED) is 0.600. The summed E-state index contributed by atoms with van der Waals surface area (Å²) in [6.45, 7) is -0.202. The molecule has 0 aliphatic carbocycles. The maximum atomic E-state index is 12.7. The van der Waals surface area contributed by atoms with Gasteiger partial charge in [0.25, 0.3) is 0 Å². The van der Waals surface area contributed by atoms with Gasteiger partial charge < -0.3 is 4.90 Å². The summed E-state index contributed by atoms with van der Waals surface area (Å²) in [7, 11) is 0. The summed E-state index contributed by atoms with van der Waals surface area (Å²) in [5.74, 6) is -0.497. The first-order valence-corrected chi connectivity index (χ1v) is 6.06. The number of amides is 1. The molecular formula is C12H10FN3OS. The number of thioether (sulfide) groups is 1. The van der Waals surface area contributed by atoms with Crippen molar-refractivity contribution in [2.24, 2.45) is 0 Å². The lowest BCUT2D eigenvalue weighted by Gasteiger charge is -2.15. The zero-order chi connectivity index (χ0) is 13.4. The number of nitriles is 2. The molecule has 0 fully saturated rings. The summed E-state index contributed by atoms with van der Waals surface area (Å²) < 4.78 is 12.7. The molecule has 0 atom stereocenters. The van der Waals surface area contributed by atoms with Gasteiger partial charge in [0.05, 0.1) is 17.9 Å². The van der Waals surface area contributed by atoms with Crippen LogP contribution in [0.2, 0.25) is 0 Å².